The number of esters is 3. The molecule has 0 amide bonds. The van der Waals surface area contributed by atoms with Gasteiger partial charge in [0, 0.05) is 19.3 Å². The second-order valence-corrected chi connectivity index (χ2v) is 20.3. The summed E-state index contributed by atoms with van der Waals surface area (Å²) in [6.45, 7) is 6.64. The summed E-state index contributed by atoms with van der Waals surface area (Å²) in [5, 5.41) is 0. The number of ether oxygens (including phenoxy) is 3. The molecule has 0 aliphatic carbocycles. The predicted octanol–water partition coefficient (Wildman–Crippen LogP) is 20.0. The topological polar surface area (TPSA) is 78.9 Å². The molecule has 0 aromatic heterocycles. The Labute approximate surface area is 423 Å². The molecule has 6 nitrogen and oxygen atoms in total. The first-order valence-electron chi connectivity index (χ1n) is 30.0. The maximum absolute atomic E-state index is 12.9. The third kappa shape index (κ3) is 54.6. The van der Waals surface area contributed by atoms with Gasteiger partial charge in [0.05, 0.1) is 0 Å². The smallest absolute Gasteiger partial charge is 0.306 e. The number of hydrogen-bond donors (Lipinski definition) is 0. The van der Waals surface area contributed by atoms with E-state index in [4.69, 9.17) is 14.2 Å². The van der Waals surface area contributed by atoms with E-state index in [9.17, 15) is 14.4 Å². The lowest BCUT2D eigenvalue weighted by atomic mass is 10.0. The molecule has 0 aromatic rings. The summed E-state index contributed by atoms with van der Waals surface area (Å²) in [5.41, 5.74) is 0. The maximum Gasteiger partial charge on any atom is 0.306 e. The van der Waals surface area contributed by atoms with Gasteiger partial charge in [-0.1, -0.05) is 282 Å². The van der Waals surface area contributed by atoms with E-state index >= 15 is 0 Å². The van der Waals surface area contributed by atoms with Crippen LogP contribution < -0.4 is 0 Å². The fourth-order valence-electron chi connectivity index (χ4n) is 8.86. The molecule has 0 spiro atoms. The van der Waals surface area contributed by atoms with Gasteiger partial charge in [-0.3, -0.25) is 14.4 Å². The third-order valence-corrected chi connectivity index (χ3v) is 13.4. The maximum atomic E-state index is 12.9. The minimum absolute atomic E-state index is 0.0720. The van der Waals surface area contributed by atoms with E-state index in [-0.39, 0.29) is 31.1 Å². The molecule has 68 heavy (non-hydrogen) atoms. The van der Waals surface area contributed by atoms with Crippen molar-refractivity contribution in [3.05, 3.63) is 36.5 Å². The van der Waals surface area contributed by atoms with E-state index in [1.165, 1.54) is 205 Å². The number of unbranched alkanes of at least 4 members (excludes halogenated alkanes) is 38. The fraction of sp³-hybridized carbons (Fsp3) is 0.855. The number of allylic oxidation sites excluding steroid dienone is 6. The van der Waals surface area contributed by atoms with Crippen LogP contribution in [-0.4, -0.2) is 37.2 Å². The summed E-state index contributed by atoms with van der Waals surface area (Å²) >= 11 is 0. The second kappa shape index (κ2) is 57.2. The molecule has 398 valence electrons. The number of hydrogen-bond acceptors (Lipinski definition) is 6. The highest BCUT2D eigenvalue weighted by Crippen LogP contribution is 2.17. The Morgan fingerprint density at radius 1 is 0.294 bits per heavy atom. The van der Waals surface area contributed by atoms with Crippen LogP contribution in [-0.2, 0) is 28.6 Å². The molecule has 0 heterocycles. The minimum Gasteiger partial charge on any atom is -0.462 e. The zero-order valence-electron chi connectivity index (χ0n) is 45.6. The molecule has 1 atom stereocenters. The van der Waals surface area contributed by atoms with Crippen LogP contribution in [0.5, 0.6) is 0 Å². The van der Waals surface area contributed by atoms with E-state index < -0.39 is 6.10 Å². The molecular weight excluding hydrogens is 841 g/mol. The molecule has 0 rings (SSSR count). The highest BCUT2D eigenvalue weighted by atomic mass is 16.6. The molecule has 0 saturated heterocycles. The van der Waals surface area contributed by atoms with Crippen LogP contribution in [0.15, 0.2) is 36.5 Å². The van der Waals surface area contributed by atoms with Gasteiger partial charge in [0.25, 0.3) is 0 Å². The van der Waals surface area contributed by atoms with Crippen molar-refractivity contribution in [2.24, 2.45) is 0 Å². The van der Waals surface area contributed by atoms with Crippen molar-refractivity contribution in [3.8, 4) is 0 Å². The van der Waals surface area contributed by atoms with E-state index in [1.807, 2.05) is 0 Å². The highest BCUT2D eigenvalue weighted by molar-refractivity contribution is 5.71. The van der Waals surface area contributed by atoms with Gasteiger partial charge in [-0.2, -0.15) is 0 Å². The first kappa shape index (κ1) is 65.6. The molecule has 0 bridgehead atoms. The minimum atomic E-state index is -0.773. The molecular formula is C62H114O6. The lowest BCUT2D eigenvalue weighted by Gasteiger charge is -2.18. The average Bonchev–Trinajstić information content (AvgIpc) is 3.34. The zero-order chi connectivity index (χ0) is 49.3. The SMILES string of the molecule is CCCCCCC/C=C\C/C=C\C/C=C\CCCCCCCCC(=O)OCC(COC(=O)CCCCCCCCCCC)OC(=O)CCCCCCCCCCCCCCCCCCCCCC. The first-order chi connectivity index (χ1) is 33.5. The molecule has 0 fully saturated rings. The van der Waals surface area contributed by atoms with Crippen LogP contribution in [0.3, 0.4) is 0 Å². The Hall–Kier alpha value is -2.37. The second-order valence-electron chi connectivity index (χ2n) is 20.3. The summed E-state index contributed by atoms with van der Waals surface area (Å²) in [7, 11) is 0. The Balaban J connectivity index is 4.25. The molecule has 0 aliphatic rings. The first-order valence-corrected chi connectivity index (χ1v) is 30.0. The predicted molar refractivity (Wildman–Crippen MR) is 293 cm³/mol. The zero-order valence-corrected chi connectivity index (χ0v) is 45.6. The van der Waals surface area contributed by atoms with Crippen molar-refractivity contribution < 1.29 is 28.6 Å². The van der Waals surface area contributed by atoms with Crippen LogP contribution in [0.1, 0.15) is 323 Å². The Kier molecular flexibility index (Phi) is 55.2. The quantitative estimate of drug-likeness (QED) is 0.0262. The molecule has 0 aromatic carbocycles. The molecule has 1 unspecified atom stereocenters. The summed E-state index contributed by atoms with van der Waals surface area (Å²) in [4.78, 5) is 38.1. The van der Waals surface area contributed by atoms with Gasteiger partial charge >= 0.3 is 17.9 Å². The molecule has 0 radical (unpaired) electrons. The van der Waals surface area contributed by atoms with Crippen molar-refractivity contribution in [1.29, 1.82) is 0 Å². The van der Waals surface area contributed by atoms with Crippen molar-refractivity contribution in [2.75, 3.05) is 13.2 Å². The lowest BCUT2D eigenvalue weighted by molar-refractivity contribution is -0.167. The van der Waals surface area contributed by atoms with Gasteiger partial charge in [0.2, 0.25) is 0 Å². The van der Waals surface area contributed by atoms with E-state index in [2.05, 4.69) is 57.2 Å². The van der Waals surface area contributed by atoms with Gasteiger partial charge < -0.3 is 14.2 Å². The Morgan fingerprint density at radius 3 is 0.824 bits per heavy atom. The number of rotatable bonds is 55. The molecule has 0 aliphatic heterocycles. The van der Waals surface area contributed by atoms with Crippen molar-refractivity contribution in [2.45, 2.75) is 329 Å². The molecule has 0 N–H and O–H groups in total. The average molecular weight is 956 g/mol. The van der Waals surface area contributed by atoms with Crippen LogP contribution in [0, 0.1) is 0 Å². The fourth-order valence-corrected chi connectivity index (χ4v) is 8.86. The van der Waals surface area contributed by atoms with Crippen LogP contribution in [0.2, 0.25) is 0 Å². The Bertz CT molecular complexity index is 1140. The van der Waals surface area contributed by atoms with E-state index in [0.29, 0.717) is 19.3 Å². The normalized spacial score (nSPS) is 12.2. The summed E-state index contributed by atoms with van der Waals surface area (Å²) in [6, 6.07) is 0. The van der Waals surface area contributed by atoms with Crippen LogP contribution in [0.25, 0.3) is 0 Å². The number of carbonyl (C=O) groups excluding carboxylic acids is 3. The summed E-state index contributed by atoms with van der Waals surface area (Å²) in [6.07, 6.45) is 68.6. The molecule has 0 saturated carbocycles. The lowest BCUT2D eigenvalue weighted by Crippen LogP contribution is -2.30. The summed E-state index contributed by atoms with van der Waals surface area (Å²) in [5.74, 6) is -0.869. The Morgan fingerprint density at radius 2 is 0.529 bits per heavy atom. The van der Waals surface area contributed by atoms with Gasteiger partial charge in [-0.15, -0.1) is 0 Å². The van der Waals surface area contributed by atoms with Gasteiger partial charge in [-0.25, -0.2) is 0 Å². The largest absolute Gasteiger partial charge is 0.462 e. The number of carbonyl (C=O) groups is 3. The summed E-state index contributed by atoms with van der Waals surface area (Å²) < 4.78 is 16.9. The van der Waals surface area contributed by atoms with Crippen molar-refractivity contribution >= 4 is 17.9 Å². The van der Waals surface area contributed by atoms with Gasteiger partial charge in [0.1, 0.15) is 13.2 Å². The standard InChI is InChI=1S/C62H114O6/c1-4-7-10-13-16-19-21-23-25-27-29-31-33-34-36-38-40-43-46-49-52-55-61(64)67-58-59(57-66-60(63)54-51-48-45-42-18-15-12-9-6-3)68-62(65)56-53-50-47-44-41-39-37-35-32-30-28-26-24-22-20-17-14-11-8-5-2/h21,23,27,29,33-34,59H,4-20,22,24-26,28,30-32,35-58H2,1-3H3/b23-21-,29-27-,34-33-. The van der Waals surface area contributed by atoms with Crippen LogP contribution in [0.4, 0.5) is 0 Å². The van der Waals surface area contributed by atoms with Gasteiger partial charge in [0.15, 0.2) is 6.10 Å². The third-order valence-electron chi connectivity index (χ3n) is 13.4. The molecule has 6 heteroatoms. The van der Waals surface area contributed by atoms with Crippen molar-refractivity contribution in [1.82, 2.24) is 0 Å². The van der Waals surface area contributed by atoms with Crippen molar-refractivity contribution in [3.63, 3.8) is 0 Å². The van der Waals surface area contributed by atoms with Crippen LogP contribution >= 0.6 is 0 Å². The van der Waals surface area contributed by atoms with Gasteiger partial charge in [-0.05, 0) is 57.8 Å². The van der Waals surface area contributed by atoms with E-state index in [1.54, 1.807) is 0 Å². The van der Waals surface area contributed by atoms with E-state index in [0.717, 1.165) is 77.0 Å². The highest BCUT2D eigenvalue weighted by Gasteiger charge is 2.19. The monoisotopic (exact) mass is 955 g/mol.